The van der Waals surface area contributed by atoms with Crippen molar-refractivity contribution in [3.05, 3.63) is 71.9 Å². The van der Waals surface area contributed by atoms with Gasteiger partial charge in [-0.2, -0.15) is 0 Å². The Bertz CT molecular complexity index is 904. The highest BCUT2D eigenvalue weighted by Gasteiger charge is 2.13. The number of anilines is 1. The SMILES string of the molecule is CC(C)O.CO.F.Nc1cc(-c2cc(F)c(COc3ccc(O)cc3)c(F)c2)ccn1.[HH]. The van der Waals surface area contributed by atoms with Gasteiger partial charge in [-0.05, 0) is 73.5 Å². The fraction of sp³-hybridized carbons (Fsp3) is 0.227. The molecular weight excluding hydrogens is 413 g/mol. The Labute approximate surface area is 180 Å². The molecule has 172 valence electrons. The minimum absolute atomic E-state index is 0. The van der Waals surface area contributed by atoms with Gasteiger partial charge in [0, 0.05) is 20.8 Å². The summed E-state index contributed by atoms with van der Waals surface area (Å²) in [5, 5.41) is 24.3. The van der Waals surface area contributed by atoms with Crippen LogP contribution in [-0.4, -0.2) is 33.5 Å². The molecule has 2 aromatic carbocycles. The second kappa shape index (κ2) is 13.8. The van der Waals surface area contributed by atoms with Crippen LogP contribution in [0.4, 0.5) is 19.3 Å². The summed E-state index contributed by atoms with van der Waals surface area (Å²) in [6.45, 7) is 3.18. The number of aromatic nitrogens is 1. The summed E-state index contributed by atoms with van der Waals surface area (Å²) in [7, 11) is 1.00. The number of hydrogen-bond acceptors (Lipinski definition) is 6. The third kappa shape index (κ3) is 9.37. The van der Waals surface area contributed by atoms with E-state index in [0.29, 0.717) is 16.9 Å². The summed E-state index contributed by atoms with van der Waals surface area (Å²) in [5.74, 6) is -0.662. The lowest BCUT2D eigenvalue weighted by molar-refractivity contribution is 0.216. The monoisotopic (exact) mass is 442 g/mol. The molecule has 0 bridgehead atoms. The highest BCUT2D eigenvalue weighted by Crippen LogP contribution is 2.26. The second-order valence-electron chi connectivity index (χ2n) is 6.26. The van der Waals surface area contributed by atoms with Crippen LogP contribution in [0.25, 0.3) is 11.1 Å². The molecule has 0 atom stereocenters. The van der Waals surface area contributed by atoms with Gasteiger partial charge in [-0.1, -0.05) is 0 Å². The van der Waals surface area contributed by atoms with Crippen molar-refractivity contribution >= 4 is 5.82 Å². The molecule has 5 N–H and O–H groups in total. The van der Waals surface area contributed by atoms with Gasteiger partial charge in [-0.25, -0.2) is 13.8 Å². The molecule has 0 saturated carbocycles. The quantitative estimate of drug-likeness (QED) is 0.480. The fourth-order valence-corrected chi connectivity index (χ4v) is 2.23. The van der Waals surface area contributed by atoms with Crippen molar-refractivity contribution in [3.63, 3.8) is 0 Å². The molecule has 1 aromatic heterocycles. The Hall–Kier alpha value is -3.30. The molecule has 0 aliphatic carbocycles. The predicted octanol–water partition coefficient (Wildman–Crippen LogP) is 4.29. The zero-order valence-electron chi connectivity index (χ0n) is 17.4. The third-order valence-corrected chi connectivity index (χ3v) is 3.48. The van der Waals surface area contributed by atoms with Crippen molar-refractivity contribution in [1.82, 2.24) is 4.98 Å². The number of nitrogen functional groups attached to an aromatic ring is 1. The number of aliphatic hydroxyl groups is 2. The number of rotatable bonds is 4. The first-order valence-corrected chi connectivity index (χ1v) is 9.00. The zero-order chi connectivity index (χ0) is 22.7. The lowest BCUT2D eigenvalue weighted by atomic mass is 10.0. The molecule has 0 fully saturated rings. The smallest absolute Gasteiger partial charge is 0.133 e. The maximum atomic E-state index is 14.3. The average Bonchev–Trinajstić information content (AvgIpc) is 2.70. The number of ether oxygens (including phenoxy) is 1. The average molecular weight is 442 g/mol. The summed E-state index contributed by atoms with van der Waals surface area (Å²) < 4.78 is 33.9. The van der Waals surface area contributed by atoms with Crippen molar-refractivity contribution in [1.29, 1.82) is 0 Å². The molecular formula is C22H29F3N2O4. The van der Waals surface area contributed by atoms with Gasteiger partial charge in [0.05, 0.1) is 5.56 Å². The van der Waals surface area contributed by atoms with E-state index < -0.39 is 11.6 Å². The van der Waals surface area contributed by atoms with Crippen molar-refractivity contribution in [2.45, 2.75) is 26.6 Å². The van der Waals surface area contributed by atoms with E-state index in [1.165, 1.54) is 42.6 Å². The van der Waals surface area contributed by atoms with Crippen LogP contribution in [-0.2, 0) is 6.61 Å². The highest BCUT2D eigenvalue weighted by atomic mass is 19.1. The summed E-state index contributed by atoms with van der Waals surface area (Å²) >= 11 is 0. The molecule has 1 heterocycles. The van der Waals surface area contributed by atoms with Crippen molar-refractivity contribution in [3.8, 4) is 22.6 Å². The Kier molecular flexibility index (Phi) is 12.4. The van der Waals surface area contributed by atoms with Crippen molar-refractivity contribution < 1.29 is 35.0 Å². The number of aliphatic hydroxyl groups excluding tert-OH is 2. The number of benzene rings is 2. The van der Waals surface area contributed by atoms with Crippen LogP contribution in [0.5, 0.6) is 11.5 Å². The van der Waals surface area contributed by atoms with Gasteiger partial charge in [0.2, 0.25) is 0 Å². The van der Waals surface area contributed by atoms with E-state index in [-0.39, 0.29) is 36.0 Å². The highest BCUT2D eigenvalue weighted by molar-refractivity contribution is 5.66. The van der Waals surface area contributed by atoms with Gasteiger partial charge >= 0.3 is 0 Å². The van der Waals surface area contributed by atoms with Crippen LogP contribution in [0.1, 0.15) is 20.8 Å². The Morgan fingerprint density at radius 1 is 1.00 bits per heavy atom. The minimum Gasteiger partial charge on any atom is -0.508 e. The van der Waals surface area contributed by atoms with Gasteiger partial charge < -0.3 is 25.8 Å². The van der Waals surface area contributed by atoms with Gasteiger partial charge in [-0.3, -0.25) is 4.70 Å². The molecule has 0 unspecified atom stereocenters. The first kappa shape index (κ1) is 27.7. The maximum absolute atomic E-state index is 14.3. The number of halogens is 3. The molecule has 0 amide bonds. The van der Waals surface area contributed by atoms with Crippen LogP contribution < -0.4 is 10.5 Å². The van der Waals surface area contributed by atoms with Crippen LogP contribution in [0, 0.1) is 11.6 Å². The summed E-state index contributed by atoms with van der Waals surface area (Å²) in [4.78, 5) is 3.85. The van der Waals surface area contributed by atoms with Crippen LogP contribution in [0.2, 0.25) is 0 Å². The minimum atomic E-state index is -0.709. The van der Waals surface area contributed by atoms with Gasteiger partial charge in [0.15, 0.2) is 0 Å². The molecule has 3 aromatic rings. The van der Waals surface area contributed by atoms with E-state index in [0.717, 1.165) is 7.11 Å². The molecule has 0 aliphatic heterocycles. The number of phenols is 1. The summed E-state index contributed by atoms with van der Waals surface area (Å²) in [6.07, 6.45) is 1.31. The lowest BCUT2D eigenvalue weighted by Gasteiger charge is -2.10. The van der Waals surface area contributed by atoms with E-state index in [1.807, 2.05) is 0 Å². The third-order valence-electron chi connectivity index (χ3n) is 3.48. The van der Waals surface area contributed by atoms with E-state index in [9.17, 15) is 13.9 Å². The van der Waals surface area contributed by atoms with Gasteiger partial charge in [0.1, 0.15) is 35.6 Å². The molecule has 0 saturated heterocycles. The normalized spacial score (nSPS) is 9.55. The predicted molar refractivity (Wildman–Crippen MR) is 117 cm³/mol. The van der Waals surface area contributed by atoms with E-state index in [1.54, 1.807) is 26.0 Å². The number of aromatic hydroxyl groups is 1. The standard InChI is InChI=1S/C18H14F2N2O2.C3H8O.CH4O.FH.H2/c19-16-7-12(11-5-6-22-18(21)9-11)8-17(20)15(16)10-24-14-3-1-13(23)2-4-14;1-3(2)4;1-2;;/h1-9,23H,10H2,(H2,21,22);3-4H,1-2H3;2H,1H3;2*1H. The number of hydrogen-bond donors (Lipinski definition) is 4. The van der Waals surface area contributed by atoms with Crippen molar-refractivity contribution in [2.24, 2.45) is 0 Å². The van der Waals surface area contributed by atoms with Crippen LogP contribution in [0.15, 0.2) is 54.7 Å². The van der Waals surface area contributed by atoms with Gasteiger partial charge in [0.25, 0.3) is 0 Å². The largest absolute Gasteiger partial charge is 0.508 e. The van der Waals surface area contributed by atoms with Crippen LogP contribution in [0.3, 0.4) is 0 Å². The topological polar surface area (TPSA) is 109 Å². The molecule has 0 aliphatic rings. The Morgan fingerprint density at radius 2 is 1.52 bits per heavy atom. The van der Waals surface area contributed by atoms with E-state index in [4.69, 9.17) is 20.7 Å². The number of pyridine rings is 1. The first-order valence-electron chi connectivity index (χ1n) is 9.00. The fourth-order valence-electron chi connectivity index (χ4n) is 2.23. The zero-order valence-corrected chi connectivity index (χ0v) is 17.4. The number of phenolic OH excluding ortho intramolecular Hbond substituents is 1. The number of nitrogens with zero attached hydrogens (tertiary/aromatic N) is 1. The first-order chi connectivity index (χ1) is 14.3. The number of nitrogens with two attached hydrogens (primary N) is 1. The van der Waals surface area contributed by atoms with E-state index in [2.05, 4.69) is 4.98 Å². The Morgan fingerprint density at radius 3 is 2.00 bits per heavy atom. The molecule has 0 radical (unpaired) electrons. The van der Waals surface area contributed by atoms with Crippen molar-refractivity contribution in [2.75, 3.05) is 12.8 Å². The molecule has 3 rings (SSSR count). The molecule has 0 spiro atoms. The lowest BCUT2D eigenvalue weighted by Crippen LogP contribution is -2.03. The maximum Gasteiger partial charge on any atom is 0.133 e. The molecule has 31 heavy (non-hydrogen) atoms. The molecule has 9 heteroatoms. The Balaban J connectivity index is 0. The van der Waals surface area contributed by atoms with Gasteiger partial charge in [-0.15, -0.1) is 0 Å². The summed E-state index contributed by atoms with van der Waals surface area (Å²) in [6, 6.07) is 11.5. The molecule has 6 nitrogen and oxygen atoms in total. The van der Waals surface area contributed by atoms with E-state index >= 15 is 0 Å². The second-order valence-corrected chi connectivity index (χ2v) is 6.26. The van der Waals surface area contributed by atoms with Crippen LogP contribution >= 0.6 is 0 Å². The summed E-state index contributed by atoms with van der Waals surface area (Å²) in [5.41, 5.74) is 6.36.